The summed E-state index contributed by atoms with van der Waals surface area (Å²) in [7, 11) is -2.02. The van der Waals surface area contributed by atoms with E-state index in [1.54, 1.807) is 12.1 Å². The number of ether oxygens (including phenoxy) is 2. The molecule has 0 radical (unpaired) electrons. The van der Waals surface area contributed by atoms with E-state index in [-0.39, 0.29) is 4.90 Å². The van der Waals surface area contributed by atoms with Gasteiger partial charge in [-0.15, -0.1) is 0 Å². The molecule has 0 aliphatic heterocycles. The summed E-state index contributed by atoms with van der Waals surface area (Å²) in [6, 6.07) is 5.96. The molecule has 1 rings (SSSR count). The standard InChI is InChI=1S/C11H14O5S/c1-8(11(12)15-2)16-9-5-4-6-10(7-9)17(3,13)14/h4-8H,1-3H3/t8-/m1/s1. The number of esters is 1. The third kappa shape index (κ3) is 3.74. The van der Waals surface area contributed by atoms with Gasteiger partial charge in [-0.1, -0.05) is 6.07 Å². The van der Waals surface area contributed by atoms with Crippen molar-refractivity contribution in [3.8, 4) is 5.75 Å². The Morgan fingerprint density at radius 1 is 1.35 bits per heavy atom. The molecule has 0 N–H and O–H groups in total. The first-order valence-corrected chi connectivity index (χ1v) is 6.78. The number of methoxy groups -OCH3 is 1. The number of benzene rings is 1. The van der Waals surface area contributed by atoms with Gasteiger partial charge in [0, 0.05) is 6.26 Å². The highest BCUT2D eigenvalue weighted by molar-refractivity contribution is 7.90. The van der Waals surface area contributed by atoms with Crippen LogP contribution in [0.5, 0.6) is 5.75 Å². The lowest BCUT2D eigenvalue weighted by atomic mass is 10.3. The zero-order valence-corrected chi connectivity index (χ0v) is 10.7. The maximum atomic E-state index is 11.3. The minimum atomic E-state index is -3.28. The number of rotatable bonds is 4. The van der Waals surface area contributed by atoms with Gasteiger partial charge in [-0.3, -0.25) is 0 Å². The van der Waals surface area contributed by atoms with Crippen molar-refractivity contribution >= 4 is 15.8 Å². The molecule has 0 saturated heterocycles. The van der Waals surface area contributed by atoms with Gasteiger partial charge in [-0.2, -0.15) is 0 Å². The van der Waals surface area contributed by atoms with Gasteiger partial charge in [0.25, 0.3) is 0 Å². The molecule has 0 aromatic heterocycles. The summed E-state index contributed by atoms with van der Waals surface area (Å²) in [6.45, 7) is 1.53. The Morgan fingerprint density at radius 2 is 2.00 bits per heavy atom. The van der Waals surface area contributed by atoms with Crippen LogP contribution in [0.4, 0.5) is 0 Å². The molecular formula is C11H14O5S. The van der Waals surface area contributed by atoms with E-state index in [1.165, 1.54) is 26.2 Å². The Bertz CT molecular complexity index is 506. The summed E-state index contributed by atoms with van der Waals surface area (Å²) >= 11 is 0. The fourth-order valence-electron chi connectivity index (χ4n) is 1.20. The molecule has 0 heterocycles. The molecule has 5 nitrogen and oxygen atoms in total. The minimum absolute atomic E-state index is 0.145. The van der Waals surface area contributed by atoms with E-state index in [1.807, 2.05) is 0 Å². The van der Waals surface area contributed by atoms with Gasteiger partial charge in [0.2, 0.25) is 0 Å². The minimum Gasteiger partial charge on any atom is -0.479 e. The second-order valence-corrected chi connectivity index (χ2v) is 5.55. The Balaban J connectivity index is 2.90. The van der Waals surface area contributed by atoms with Gasteiger partial charge in [0.15, 0.2) is 15.9 Å². The Labute approximate surface area is 100 Å². The van der Waals surface area contributed by atoms with Crippen LogP contribution in [0.15, 0.2) is 29.2 Å². The van der Waals surface area contributed by atoms with Crippen molar-refractivity contribution in [3.05, 3.63) is 24.3 Å². The summed E-state index contributed by atoms with van der Waals surface area (Å²) in [5.41, 5.74) is 0. The molecule has 1 aromatic carbocycles. The highest BCUT2D eigenvalue weighted by Gasteiger charge is 2.15. The first kappa shape index (κ1) is 13.5. The molecule has 17 heavy (non-hydrogen) atoms. The van der Waals surface area contributed by atoms with Crippen molar-refractivity contribution < 1.29 is 22.7 Å². The summed E-state index contributed by atoms with van der Waals surface area (Å²) in [4.78, 5) is 11.3. The molecule has 1 atom stereocenters. The first-order chi connectivity index (χ1) is 7.84. The molecule has 6 heteroatoms. The quantitative estimate of drug-likeness (QED) is 0.754. The largest absolute Gasteiger partial charge is 0.479 e. The Kier molecular flexibility index (Phi) is 4.11. The van der Waals surface area contributed by atoms with Crippen LogP contribution in [0, 0.1) is 0 Å². The average Bonchev–Trinajstić information content (AvgIpc) is 2.27. The monoisotopic (exact) mass is 258 g/mol. The van der Waals surface area contributed by atoms with Crippen LogP contribution < -0.4 is 4.74 Å². The summed E-state index contributed by atoms with van der Waals surface area (Å²) in [6.07, 6.45) is 0.324. The fraction of sp³-hybridized carbons (Fsp3) is 0.364. The third-order valence-electron chi connectivity index (χ3n) is 2.08. The van der Waals surface area contributed by atoms with Gasteiger partial charge in [-0.25, -0.2) is 13.2 Å². The molecule has 0 aliphatic carbocycles. The smallest absolute Gasteiger partial charge is 0.346 e. The SMILES string of the molecule is COC(=O)[C@@H](C)Oc1cccc(S(C)(=O)=O)c1. The third-order valence-corrected chi connectivity index (χ3v) is 3.19. The van der Waals surface area contributed by atoms with Crippen molar-refractivity contribution in [3.63, 3.8) is 0 Å². The van der Waals surface area contributed by atoms with Crippen molar-refractivity contribution in [2.24, 2.45) is 0 Å². The second-order valence-electron chi connectivity index (χ2n) is 3.53. The normalized spacial score (nSPS) is 12.9. The van der Waals surface area contributed by atoms with E-state index in [0.29, 0.717) is 5.75 Å². The highest BCUT2D eigenvalue weighted by atomic mass is 32.2. The molecule has 0 unspecified atom stereocenters. The van der Waals surface area contributed by atoms with Gasteiger partial charge < -0.3 is 9.47 Å². The molecule has 94 valence electrons. The lowest BCUT2D eigenvalue weighted by Gasteiger charge is -2.12. The highest BCUT2D eigenvalue weighted by Crippen LogP contribution is 2.18. The fourth-order valence-corrected chi connectivity index (χ4v) is 1.85. The number of carbonyl (C=O) groups excluding carboxylic acids is 1. The molecule has 1 aromatic rings. The van der Waals surface area contributed by atoms with Gasteiger partial charge in [-0.05, 0) is 25.1 Å². The summed E-state index contributed by atoms with van der Waals surface area (Å²) in [5.74, 6) is -0.208. The van der Waals surface area contributed by atoms with Crippen LogP contribution in [-0.4, -0.2) is 33.9 Å². The second kappa shape index (κ2) is 5.18. The van der Waals surface area contributed by atoms with Crippen LogP contribution in [0.2, 0.25) is 0 Å². The predicted octanol–water partition coefficient (Wildman–Crippen LogP) is 1.03. The molecule has 0 amide bonds. The van der Waals surface area contributed by atoms with Gasteiger partial charge >= 0.3 is 5.97 Å². The van der Waals surface area contributed by atoms with Crippen LogP contribution in [0.3, 0.4) is 0 Å². The molecule has 0 fully saturated rings. The molecular weight excluding hydrogens is 244 g/mol. The Hall–Kier alpha value is -1.56. The zero-order valence-electron chi connectivity index (χ0n) is 9.84. The molecule has 0 bridgehead atoms. The number of hydrogen-bond acceptors (Lipinski definition) is 5. The predicted molar refractivity (Wildman–Crippen MR) is 61.7 cm³/mol. The molecule has 0 saturated carbocycles. The van der Waals surface area contributed by atoms with Crippen LogP contribution >= 0.6 is 0 Å². The van der Waals surface area contributed by atoms with Crippen LogP contribution in [0.25, 0.3) is 0 Å². The Morgan fingerprint density at radius 3 is 2.53 bits per heavy atom. The number of hydrogen-bond donors (Lipinski definition) is 0. The van der Waals surface area contributed by atoms with E-state index in [0.717, 1.165) is 6.26 Å². The lowest BCUT2D eigenvalue weighted by molar-refractivity contribution is -0.147. The van der Waals surface area contributed by atoms with E-state index < -0.39 is 21.9 Å². The zero-order chi connectivity index (χ0) is 13.1. The molecule has 0 spiro atoms. The topological polar surface area (TPSA) is 69.7 Å². The molecule has 0 aliphatic rings. The van der Waals surface area contributed by atoms with E-state index in [4.69, 9.17) is 4.74 Å². The van der Waals surface area contributed by atoms with Gasteiger partial charge in [0.05, 0.1) is 12.0 Å². The first-order valence-electron chi connectivity index (χ1n) is 4.89. The van der Waals surface area contributed by atoms with Crippen LogP contribution in [-0.2, 0) is 19.4 Å². The van der Waals surface area contributed by atoms with Crippen molar-refractivity contribution in [2.75, 3.05) is 13.4 Å². The summed E-state index contributed by atoms with van der Waals surface area (Å²) < 4.78 is 32.4. The maximum absolute atomic E-state index is 11.3. The maximum Gasteiger partial charge on any atom is 0.346 e. The number of sulfone groups is 1. The summed E-state index contributed by atoms with van der Waals surface area (Å²) in [5, 5.41) is 0. The van der Waals surface area contributed by atoms with E-state index in [2.05, 4.69) is 4.74 Å². The van der Waals surface area contributed by atoms with E-state index in [9.17, 15) is 13.2 Å². The average molecular weight is 258 g/mol. The van der Waals surface area contributed by atoms with Crippen molar-refractivity contribution in [1.29, 1.82) is 0 Å². The van der Waals surface area contributed by atoms with Crippen molar-refractivity contribution in [1.82, 2.24) is 0 Å². The van der Waals surface area contributed by atoms with Gasteiger partial charge in [0.1, 0.15) is 5.75 Å². The van der Waals surface area contributed by atoms with Crippen LogP contribution in [0.1, 0.15) is 6.92 Å². The lowest BCUT2D eigenvalue weighted by Crippen LogP contribution is -2.24. The van der Waals surface area contributed by atoms with E-state index >= 15 is 0 Å². The number of carbonyl (C=O) groups is 1. The van der Waals surface area contributed by atoms with Crippen molar-refractivity contribution in [2.45, 2.75) is 17.9 Å².